The number of rotatable bonds is 5. The second kappa shape index (κ2) is 7.05. The lowest BCUT2D eigenvalue weighted by atomic mass is 10.3. The molecule has 0 aliphatic carbocycles. The summed E-state index contributed by atoms with van der Waals surface area (Å²) in [6, 6.07) is 11.4. The molecule has 0 fully saturated rings. The van der Waals surface area contributed by atoms with Crippen molar-refractivity contribution in [3.05, 3.63) is 74.2 Å². The maximum absolute atomic E-state index is 12.4. The molecule has 0 N–H and O–H groups in total. The van der Waals surface area contributed by atoms with Crippen LogP contribution in [0, 0.1) is 6.92 Å². The van der Waals surface area contributed by atoms with Crippen LogP contribution in [0.3, 0.4) is 0 Å². The second-order valence-electron chi connectivity index (χ2n) is 5.95. The Labute approximate surface area is 158 Å². The van der Waals surface area contributed by atoms with Crippen LogP contribution in [0.25, 0.3) is 5.65 Å². The monoisotopic (exact) mass is 383 g/mol. The Hall–Kier alpha value is -2.45. The minimum absolute atomic E-state index is 0.0555. The first-order chi connectivity index (χ1) is 12.6. The van der Waals surface area contributed by atoms with E-state index in [1.54, 1.807) is 21.8 Å². The minimum atomic E-state index is -0.0555. The van der Waals surface area contributed by atoms with E-state index in [4.69, 9.17) is 0 Å². The first kappa shape index (κ1) is 17.0. The van der Waals surface area contributed by atoms with Crippen molar-refractivity contribution in [2.24, 2.45) is 7.05 Å². The molecule has 0 aliphatic rings. The highest BCUT2D eigenvalue weighted by Crippen LogP contribution is 2.22. The van der Waals surface area contributed by atoms with E-state index in [9.17, 15) is 4.79 Å². The smallest absolute Gasteiger partial charge is 0.258 e. The zero-order valence-electron chi connectivity index (χ0n) is 14.4. The van der Waals surface area contributed by atoms with Crippen molar-refractivity contribution >= 4 is 28.7 Å². The molecule has 8 heteroatoms. The number of hydrogen-bond acceptors (Lipinski definition) is 6. The normalized spacial score (nSPS) is 11.3. The van der Waals surface area contributed by atoms with Crippen molar-refractivity contribution in [3.63, 3.8) is 0 Å². The van der Waals surface area contributed by atoms with Gasteiger partial charge in [-0.25, -0.2) is 4.98 Å². The van der Waals surface area contributed by atoms with Crippen LogP contribution in [-0.2, 0) is 19.2 Å². The molecule has 0 bridgehead atoms. The van der Waals surface area contributed by atoms with Gasteiger partial charge in [-0.3, -0.25) is 9.20 Å². The fourth-order valence-corrected chi connectivity index (χ4v) is 4.29. The Morgan fingerprint density at radius 1 is 1.19 bits per heavy atom. The number of aryl methyl sites for hydroxylation is 1. The third-order valence-corrected chi connectivity index (χ3v) is 6.05. The molecule has 4 heterocycles. The highest BCUT2D eigenvalue weighted by Gasteiger charge is 2.12. The minimum Gasteiger partial charge on any atom is -0.309 e. The van der Waals surface area contributed by atoms with Gasteiger partial charge in [-0.05, 0) is 30.5 Å². The highest BCUT2D eigenvalue weighted by molar-refractivity contribution is 7.98. The van der Waals surface area contributed by atoms with E-state index < -0.39 is 0 Å². The van der Waals surface area contributed by atoms with Gasteiger partial charge in [0.25, 0.3) is 5.56 Å². The number of nitrogens with zero attached hydrogens (tertiary/aromatic N) is 5. The standard InChI is InChI=1S/C18H17N5OS2/c1-12-5-3-7-15-19-13(9-17(24)23(12)15)11-26-18-21-20-16(22(18)2)10-14-6-4-8-25-14/h3-9H,10-11H2,1-2H3. The second-order valence-corrected chi connectivity index (χ2v) is 7.92. The molecule has 6 nitrogen and oxygen atoms in total. The van der Waals surface area contributed by atoms with Gasteiger partial charge in [-0.2, -0.15) is 0 Å². The predicted molar refractivity (Wildman–Crippen MR) is 104 cm³/mol. The largest absolute Gasteiger partial charge is 0.309 e. The van der Waals surface area contributed by atoms with Gasteiger partial charge in [0.05, 0.1) is 5.69 Å². The predicted octanol–water partition coefficient (Wildman–Crippen LogP) is 3.08. The van der Waals surface area contributed by atoms with Crippen LogP contribution in [-0.4, -0.2) is 24.1 Å². The number of pyridine rings is 1. The summed E-state index contributed by atoms with van der Waals surface area (Å²) in [5.74, 6) is 1.50. The quantitative estimate of drug-likeness (QED) is 0.496. The SMILES string of the molecule is Cc1cccc2nc(CSc3nnc(Cc4cccs4)n3C)cc(=O)n12. The van der Waals surface area contributed by atoms with E-state index in [1.807, 2.05) is 42.8 Å². The summed E-state index contributed by atoms with van der Waals surface area (Å²) < 4.78 is 3.62. The molecule has 132 valence electrons. The van der Waals surface area contributed by atoms with Crippen molar-refractivity contribution < 1.29 is 0 Å². The van der Waals surface area contributed by atoms with Gasteiger partial charge < -0.3 is 4.57 Å². The zero-order chi connectivity index (χ0) is 18.1. The summed E-state index contributed by atoms with van der Waals surface area (Å²) in [6.45, 7) is 1.90. The van der Waals surface area contributed by atoms with Crippen LogP contribution in [0.2, 0.25) is 0 Å². The number of aromatic nitrogens is 5. The maximum atomic E-state index is 12.4. The number of hydrogen-bond donors (Lipinski definition) is 0. The lowest BCUT2D eigenvalue weighted by Gasteiger charge is -2.06. The lowest BCUT2D eigenvalue weighted by molar-refractivity contribution is 0.750. The zero-order valence-corrected chi connectivity index (χ0v) is 16.0. The Balaban J connectivity index is 1.53. The van der Waals surface area contributed by atoms with E-state index in [0.29, 0.717) is 11.4 Å². The number of fused-ring (bicyclic) bond motifs is 1. The summed E-state index contributed by atoms with van der Waals surface area (Å²) >= 11 is 3.25. The van der Waals surface area contributed by atoms with Crippen LogP contribution < -0.4 is 5.56 Å². The van der Waals surface area contributed by atoms with Crippen molar-refractivity contribution in [2.45, 2.75) is 24.3 Å². The molecule has 0 amide bonds. The van der Waals surface area contributed by atoms with E-state index in [1.165, 1.54) is 16.6 Å². The average Bonchev–Trinajstić information content (AvgIpc) is 3.24. The van der Waals surface area contributed by atoms with Crippen LogP contribution in [0.15, 0.2) is 51.7 Å². The van der Waals surface area contributed by atoms with Crippen molar-refractivity contribution in [3.8, 4) is 0 Å². The number of thiophene rings is 1. The summed E-state index contributed by atoms with van der Waals surface area (Å²) in [4.78, 5) is 18.2. The molecule has 0 radical (unpaired) electrons. The van der Waals surface area contributed by atoms with E-state index in [2.05, 4.69) is 26.6 Å². The van der Waals surface area contributed by atoms with Crippen molar-refractivity contribution in [1.82, 2.24) is 24.1 Å². The lowest BCUT2D eigenvalue weighted by Crippen LogP contribution is -2.17. The third kappa shape index (κ3) is 3.30. The Morgan fingerprint density at radius 2 is 2.08 bits per heavy atom. The van der Waals surface area contributed by atoms with Gasteiger partial charge in [0, 0.05) is 35.9 Å². The molecule has 0 aromatic carbocycles. The molecular formula is C18H17N5OS2. The Morgan fingerprint density at radius 3 is 2.88 bits per heavy atom. The summed E-state index contributed by atoms with van der Waals surface area (Å²) in [5.41, 5.74) is 2.24. The molecule has 0 unspecified atom stereocenters. The van der Waals surface area contributed by atoms with E-state index in [0.717, 1.165) is 28.8 Å². The van der Waals surface area contributed by atoms with Gasteiger partial charge in [0.1, 0.15) is 11.5 Å². The van der Waals surface area contributed by atoms with Gasteiger partial charge in [-0.1, -0.05) is 23.9 Å². The van der Waals surface area contributed by atoms with Gasteiger partial charge in [0.15, 0.2) is 5.16 Å². The molecule has 4 aromatic heterocycles. The van der Waals surface area contributed by atoms with Gasteiger partial charge in [-0.15, -0.1) is 21.5 Å². The molecule has 4 rings (SSSR count). The van der Waals surface area contributed by atoms with Crippen molar-refractivity contribution in [1.29, 1.82) is 0 Å². The number of thioether (sulfide) groups is 1. The van der Waals surface area contributed by atoms with Gasteiger partial charge in [0.2, 0.25) is 0 Å². The molecule has 0 spiro atoms. The fraction of sp³-hybridized carbons (Fsp3) is 0.222. The molecule has 26 heavy (non-hydrogen) atoms. The van der Waals surface area contributed by atoms with Crippen LogP contribution in [0.1, 0.15) is 22.1 Å². The molecule has 0 atom stereocenters. The first-order valence-electron chi connectivity index (χ1n) is 8.13. The molecule has 0 aliphatic heterocycles. The fourth-order valence-electron chi connectivity index (χ4n) is 2.77. The highest BCUT2D eigenvalue weighted by atomic mass is 32.2. The molecular weight excluding hydrogens is 366 g/mol. The Bertz CT molecular complexity index is 1110. The first-order valence-corrected chi connectivity index (χ1v) is 10.00. The average molecular weight is 384 g/mol. The van der Waals surface area contributed by atoms with E-state index >= 15 is 0 Å². The van der Waals surface area contributed by atoms with Crippen LogP contribution in [0.4, 0.5) is 0 Å². The topological polar surface area (TPSA) is 65.1 Å². The molecule has 4 aromatic rings. The summed E-state index contributed by atoms with van der Waals surface area (Å²) in [5, 5.41) is 11.5. The summed E-state index contributed by atoms with van der Waals surface area (Å²) in [7, 11) is 1.97. The maximum Gasteiger partial charge on any atom is 0.258 e. The third-order valence-electron chi connectivity index (χ3n) is 4.12. The molecule has 0 saturated heterocycles. The molecule has 0 saturated carbocycles. The summed E-state index contributed by atoms with van der Waals surface area (Å²) in [6.07, 6.45) is 0.774. The van der Waals surface area contributed by atoms with Crippen LogP contribution >= 0.6 is 23.1 Å². The van der Waals surface area contributed by atoms with Gasteiger partial charge >= 0.3 is 0 Å². The van der Waals surface area contributed by atoms with Crippen LogP contribution in [0.5, 0.6) is 0 Å². The Kier molecular flexibility index (Phi) is 4.60. The van der Waals surface area contributed by atoms with Crippen molar-refractivity contribution in [2.75, 3.05) is 0 Å². The van der Waals surface area contributed by atoms with E-state index in [-0.39, 0.29) is 5.56 Å².